The highest BCUT2D eigenvalue weighted by molar-refractivity contribution is 6.40. The molecule has 0 unspecified atom stereocenters. The van der Waals surface area contributed by atoms with Crippen LogP contribution < -0.4 is 0 Å². The van der Waals surface area contributed by atoms with Crippen LogP contribution in [0.1, 0.15) is 35.7 Å². The van der Waals surface area contributed by atoms with Crippen molar-refractivity contribution in [2.75, 3.05) is 6.61 Å². The summed E-state index contributed by atoms with van der Waals surface area (Å²) >= 11 is 0. The maximum atomic E-state index is 11.6. The summed E-state index contributed by atoms with van der Waals surface area (Å²) in [5, 5.41) is 9.85. The fourth-order valence-corrected chi connectivity index (χ4v) is 1.65. The molecule has 1 N–H and O–H groups in total. The van der Waals surface area contributed by atoms with E-state index >= 15 is 0 Å². The Kier molecular flexibility index (Phi) is 2.98. The second kappa shape index (κ2) is 4.30. The smallest absolute Gasteiger partial charge is 0.379 e. The molecule has 0 aliphatic heterocycles. The van der Waals surface area contributed by atoms with Gasteiger partial charge in [-0.2, -0.15) is 0 Å². The van der Waals surface area contributed by atoms with E-state index in [2.05, 4.69) is 4.74 Å². The lowest BCUT2D eigenvalue weighted by molar-refractivity contribution is -0.137. The Morgan fingerprint density at radius 2 is 1.88 bits per heavy atom. The second-order valence-electron chi connectivity index (χ2n) is 4.16. The van der Waals surface area contributed by atoms with E-state index in [4.69, 9.17) is 0 Å². The van der Waals surface area contributed by atoms with Crippen molar-refractivity contribution in [3.05, 3.63) is 35.4 Å². The number of carbonyl (C=O) groups excluding carboxylic acids is 2. The Balaban J connectivity index is 2.12. The van der Waals surface area contributed by atoms with Crippen molar-refractivity contribution >= 4 is 11.8 Å². The van der Waals surface area contributed by atoms with Crippen LogP contribution in [0.2, 0.25) is 0 Å². The number of benzene rings is 1. The van der Waals surface area contributed by atoms with E-state index in [1.54, 1.807) is 31.2 Å². The van der Waals surface area contributed by atoms with Crippen molar-refractivity contribution in [3.63, 3.8) is 0 Å². The molecule has 90 valence electrons. The van der Waals surface area contributed by atoms with Crippen LogP contribution in [0.4, 0.5) is 0 Å². The van der Waals surface area contributed by atoms with Gasteiger partial charge in [-0.25, -0.2) is 4.79 Å². The number of hydrogen-bond acceptors (Lipinski definition) is 4. The van der Waals surface area contributed by atoms with Gasteiger partial charge in [-0.05, 0) is 25.3 Å². The molecular formula is C13H14O4. The minimum Gasteiger partial charge on any atom is -0.460 e. The van der Waals surface area contributed by atoms with Gasteiger partial charge in [0.2, 0.25) is 0 Å². The Bertz CT molecular complexity index is 443. The molecule has 17 heavy (non-hydrogen) atoms. The van der Waals surface area contributed by atoms with Crippen LogP contribution in [0, 0.1) is 0 Å². The predicted octanol–water partition coefficient (Wildman–Crippen LogP) is 1.41. The van der Waals surface area contributed by atoms with Gasteiger partial charge in [-0.3, -0.25) is 4.79 Å². The summed E-state index contributed by atoms with van der Waals surface area (Å²) in [5.41, 5.74) is 0.361. The van der Waals surface area contributed by atoms with E-state index < -0.39 is 17.4 Å². The summed E-state index contributed by atoms with van der Waals surface area (Å²) in [5.74, 6) is -1.49. The Hall–Kier alpha value is -1.68. The summed E-state index contributed by atoms with van der Waals surface area (Å²) in [7, 11) is 0. The normalized spacial score (nSPS) is 16.4. The molecule has 0 saturated heterocycles. The number of hydrogen-bond donors (Lipinski definition) is 1. The standard InChI is InChI=1S/C13H14O4/c1-2-17-12(15)11(14)9-3-5-10(6-4-9)13(16)7-8-13/h3-6,16H,2,7-8H2,1H3. The van der Waals surface area contributed by atoms with E-state index in [0.717, 1.165) is 18.4 Å². The van der Waals surface area contributed by atoms with Crippen molar-refractivity contribution < 1.29 is 19.4 Å². The molecule has 0 radical (unpaired) electrons. The molecule has 0 spiro atoms. The third kappa shape index (κ3) is 2.36. The fraction of sp³-hybridized carbons (Fsp3) is 0.385. The first-order valence-electron chi connectivity index (χ1n) is 5.61. The minimum atomic E-state index is -0.842. The third-order valence-electron chi connectivity index (χ3n) is 2.87. The van der Waals surface area contributed by atoms with Crippen molar-refractivity contribution in [2.45, 2.75) is 25.4 Å². The van der Waals surface area contributed by atoms with E-state index in [1.165, 1.54) is 0 Å². The van der Waals surface area contributed by atoms with Gasteiger partial charge >= 0.3 is 5.97 Å². The van der Waals surface area contributed by atoms with Crippen LogP contribution in [0.5, 0.6) is 0 Å². The Labute approximate surface area is 99.2 Å². The van der Waals surface area contributed by atoms with E-state index in [9.17, 15) is 14.7 Å². The summed E-state index contributed by atoms with van der Waals surface area (Å²) in [6, 6.07) is 6.45. The molecule has 4 nitrogen and oxygen atoms in total. The van der Waals surface area contributed by atoms with Gasteiger partial charge in [0.1, 0.15) is 0 Å². The monoisotopic (exact) mass is 234 g/mol. The molecule has 1 aliphatic rings. The van der Waals surface area contributed by atoms with Gasteiger partial charge in [0.05, 0.1) is 12.2 Å². The van der Waals surface area contributed by atoms with Gasteiger partial charge in [0, 0.05) is 5.56 Å². The van der Waals surface area contributed by atoms with Gasteiger partial charge in [-0.15, -0.1) is 0 Å². The lowest BCUT2D eigenvalue weighted by Crippen LogP contribution is -2.17. The number of Topliss-reactive ketones (excluding diaryl/α,β-unsaturated/α-hetero) is 1. The number of ketones is 1. The SMILES string of the molecule is CCOC(=O)C(=O)c1ccc(C2(O)CC2)cc1. The fourth-order valence-electron chi connectivity index (χ4n) is 1.65. The predicted molar refractivity (Wildman–Crippen MR) is 60.5 cm³/mol. The van der Waals surface area contributed by atoms with E-state index in [-0.39, 0.29) is 12.2 Å². The zero-order valence-electron chi connectivity index (χ0n) is 9.60. The number of carbonyl (C=O) groups is 2. The zero-order chi connectivity index (χ0) is 12.5. The summed E-state index contributed by atoms with van der Waals surface area (Å²) < 4.78 is 4.63. The highest BCUT2D eigenvalue weighted by Crippen LogP contribution is 2.45. The largest absolute Gasteiger partial charge is 0.460 e. The van der Waals surface area contributed by atoms with Crippen molar-refractivity contribution in [1.29, 1.82) is 0 Å². The molecule has 1 aromatic rings. The molecule has 0 atom stereocenters. The molecule has 2 rings (SSSR count). The maximum absolute atomic E-state index is 11.6. The quantitative estimate of drug-likeness (QED) is 0.486. The van der Waals surface area contributed by atoms with Crippen molar-refractivity contribution in [3.8, 4) is 0 Å². The molecule has 0 aromatic heterocycles. The van der Waals surface area contributed by atoms with Crippen LogP contribution in [-0.2, 0) is 15.1 Å². The molecular weight excluding hydrogens is 220 g/mol. The molecule has 1 aromatic carbocycles. The van der Waals surface area contributed by atoms with E-state index in [0.29, 0.717) is 0 Å². The Morgan fingerprint density at radius 1 is 1.29 bits per heavy atom. The topological polar surface area (TPSA) is 63.6 Å². The number of esters is 1. The van der Waals surface area contributed by atoms with Gasteiger partial charge in [-0.1, -0.05) is 24.3 Å². The zero-order valence-corrected chi connectivity index (χ0v) is 9.60. The van der Waals surface area contributed by atoms with E-state index in [1.807, 2.05) is 0 Å². The van der Waals surface area contributed by atoms with Gasteiger partial charge in [0.15, 0.2) is 0 Å². The van der Waals surface area contributed by atoms with Gasteiger partial charge < -0.3 is 9.84 Å². The van der Waals surface area contributed by atoms with Crippen molar-refractivity contribution in [2.24, 2.45) is 0 Å². The van der Waals surface area contributed by atoms with Crippen LogP contribution in [0.25, 0.3) is 0 Å². The lowest BCUT2D eigenvalue weighted by atomic mass is 10.0. The van der Waals surface area contributed by atoms with Crippen LogP contribution >= 0.6 is 0 Å². The molecule has 0 amide bonds. The minimum absolute atomic E-state index is 0.183. The van der Waals surface area contributed by atoms with Crippen LogP contribution in [0.15, 0.2) is 24.3 Å². The summed E-state index contributed by atoms with van der Waals surface area (Å²) in [6.45, 7) is 1.83. The first kappa shape index (κ1) is 11.8. The molecule has 1 aliphatic carbocycles. The Morgan fingerprint density at radius 3 is 2.35 bits per heavy atom. The molecule has 1 saturated carbocycles. The number of rotatable bonds is 4. The van der Waals surface area contributed by atoms with Gasteiger partial charge in [0.25, 0.3) is 5.78 Å². The first-order valence-corrected chi connectivity index (χ1v) is 5.61. The first-order chi connectivity index (χ1) is 8.07. The highest BCUT2D eigenvalue weighted by Gasteiger charge is 2.41. The maximum Gasteiger partial charge on any atom is 0.379 e. The van der Waals surface area contributed by atoms with Crippen LogP contribution in [-0.4, -0.2) is 23.5 Å². The highest BCUT2D eigenvalue weighted by atomic mass is 16.5. The molecule has 0 bridgehead atoms. The molecule has 4 heteroatoms. The average Bonchev–Trinajstić information content (AvgIpc) is 3.08. The number of aliphatic hydroxyl groups is 1. The molecule has 0 heterocycles. The third-order valence-corrected chi connectivity index (χ3v) is 2.87. The second-order valence-corrected chi connectivity index (χ2v) is 4.16. The molecule has 1 fully saturated rings. The van der Waals surface area contributed by atoms with Crippen LogP contribution in [0.3, 0.4) is 0 Å². The lowest BCUT2D eigenvalue weighted by Gasteiger charge is -2.08. The summed E-state index contributed by atoms with van der Waals surface area (Å²) in [6.07, 6.45) is 1.50. The number of ether oxygens (including phenoxy) is 1. The summed E-state index contributed by atoms with van der Waals surface area (Å²) in [4.78, 5) is 22.8. The average molecular weight is 234 g/mol. The van der Waals surface area contributed by atoms with Crippen molar-refractivity contribution in [1.82, 2.24) is 0 Å².